The van der Waals surface area contributed by atoms with Crippen LogP contribution in [0.4, 0.5) is 0 Å². The van der Waals surface area contributed by atoms with Crippen LogP contribution in [0.1, 0.15) is 105 Å². The highest BCUT2D eigenvalue weighted by molar-refractivity contribution is 7.13. The minimum atomic E-state index is -1.09. The Kier molecular flexibility index (Phi) is 15.1. The summed E-state index contributed by atoms with van der Waals surface area (Å²) in [5, 5.41) is 37.5. The largest absolute Gasteiger partial charge is 0.481 e. The molecule has 15 nitrogen and oxygen atoms in total. The van der Waals surface area contributed by atoms with Crippen LogP contribution in [0.25, 0.3) is 20.9 Å². The molecule has 0 spiro atoms. The zero-order valence-corrected chi connectivity index (χ0v) is 42.2. The molecule has 4 aromatic rings. The van der Waals surface area contributed by atoms with Crippen molar-refractivity contribution < 1.29 is 34.5 Å². The van der Waals surface area contributed by atoms with Crippen LogP contribution in [0.5, 0.6) is 0 Å². The number of thiazole rings is 2. The first-order valence-corrected chi connectivity index (χ1v) is 24.5. The van der Waals surface area contributed by atoms with Gasteiger partial charge in [0.15, 0.2) is 11.1 Å². The Balaban J connectivity index is 0.000000192. The van der Waals surface area contributed by atoms with E-state index in [9.17, 15) is 29.4 Å². The maximum Gasteiger partial charge on any atom is 0.306 e. The number of hydrogen-bond acceptors (Lipinski definition) is 13. The summed E-state index contributed by atoms with van der Waals surface area (Å²) < 4.78 is 0. The van der Waals surface area contributed by atoms with Gasteiger partial charge in [-0.2, -0.15) is 0 Å². The number of nitrogens with zero attached hydrogens (tertiary/aromatic N) is 5. The van der Waals surface area contributed by atoms with Crippen molar-refractivity contribution in [3.05, 3.63) is 82.1 Å². The van der Waals surface area contributed by atoms with E-state index in [2.05, 4.69) is 30.9 Å². The van der Waals surface area contributed by atoms with Gasteiger partial charge in [0.2, 0.25) is 5.91 Å². The van der Waals surface area contributed by atoms with Crippen molar-refractivity contribution in [2.45, 2.75) is 131 Å². The Morgan fingerprint density at radius 3 is 1.54 bits per heavy atom. The fraction of sp³-hybridized carbons (Fsp3) is 0.520. The summed E-state index contributed by atoms with van der Waals surface area (Å²) in [5.41, 5.74) is 7.07. The van der Waals surface area contributed by atoms with Gasteiger partial charge in [-0.25, -0.2) is 20.0 Å². The molecule has 2 saturated heterocycles. The molecule has 4 aliphatic rings. The molecule has 0 radical (unpaired) electrons. The second-order valence-electron chi connectivity index (χ2n) is 20.5. The van der Waals surface area contributed by atoms with Crippen LogP contribution in [-0.4, -0.2) is 103 Å². The summed E-state index contributed by atoms with van der Waals surface area (Å²) in [6, 6.07) is 15.2. The van der Waals surface area contributed by atoms with E-state index in [1.807, 2.05) is 129 Å². The number of aliphatic carboxylic acids is 1. The van der Waals surface area contributed by atoms with E-state index in [0.29, 0.717) is 31.1 Å². The number of carbonyl (C=O) groups is 4. The topological polar surface area (TPSA) is 219 Å². The van der Waals surface area contributed by atoms with Crippen LogP contribution in [-0.2, 0) is 30.3 Å². The van der Waals surface area contributed by atoms with Crippen LogP contribution >= 0.6 is 22.7 Å². The molecular formula is C50H66N8O7S2. The van der Waals surface area contributed by atoms with Crippen LogP contribution in [0.15, 0.2) is 69.5 Å². The van der Waals surface area contributed by atoms with E-state index in [1.54, 1.807) is 41.4 Å². The van der Waals surface area contributed by atoms with Crippen molar-refractivity contribution in [2.75, 3.05) is 13.1 Å². The molecule has 6 heterocycles. The molecule has 2 fully saturated rings. The summed E-state index contributed by atoms with van der Waals surface area (Å²) in [6.45, 7) is 23.8. The lowest BCUT2D eigenvalue weighted by molar-refractivity contribution is -0.144. The first kappa shape index (κ1) is 51.2. The number of amidine groups is 2. The van der Waals surface area contributed by atoms with E-state index in [4.69, 9.17) is 10.1 Å². The maximum atomic E-state index is 13.2. The fourth-order valence-corrected chi connectivity index (χ4v) is 9.73. The minimum Gasteiger partial charge on any atom is -0.481 e. The number of carboxylic acids is 1. The monoisotopic (exact) mass is 954 g/mol. The van der Waals surface area contributed by atoms with Gasteiger partial charge in [-0.3, -0.25) is 19.2 Å². The van der Waals surface area contributed by atoms with Crippen molar-refractivity contribution in [3.8, 4) is 20.9 Å². The number of benzene rings is 2. The van der Waals surface area contributed by atoms with Gasteiger partial charge < -0.3 is 36.2 Å². The van der Waals surface area contributed by atoms with Gasteiger partial charge in [0, 0.05) is 25.4 Å². The van der Waals surface area contributed by atoms with Gasteiger partial charge in [0.1, 0.15) is 11.7 Å². The van der Waals surface area contributed by atoms with Crippen molar-refractivity contribution >= 4 is 58.0 Å². The third-order valence-electron chi connectivity index (χ3n) is 13.6. The number of aliphatic hydroxyl groups excluding tert-OH is 2. The Bertz CT molecular complexity index is 2520. The molecule has 2 aromatic carbocycles. The van der Waals surface area contributed by atoms with Crippen LogP contribution in [0, 0.1) is 36.5 Å². The van der Waals surface area contributed by atoms with Crippen molar-refractivity contribution in [3.63, 3.8) is 0 Å². The highest BCUT2D eigenvalue weighted by atomic mass is 32.1. The molecule has 17 heteroatoms. The molecule has 67 heavy (non-hydrogen) atoms. The number of aliphatic hydroxyl groups is 2. The number of carboxylic acid groups (broad SMARTS) is 1. The summed E-state index contributed by atoms with van der Waals surface area (Å²) in [4.78, 5) is 71.2. The molecule has 8 atom stereocenters. The molecule has 6 N–H and O–H groups in total. The summed E-state index contributed by atoms with van der Waals surface area (Å²) >= 11 is 3.19. The van der Waals surface area contributed by atoms with E-state index in [1.165, 1.54) is 0 Å². The van der Waals surface area contributed by atoms with Crippen molar-refractivity contribution in [2.24, 2.45) is 32.7 Å². The Labute approximate surface area is 401 Å². The van der Waals surface area contributed by atoms with Crippen LogP contribution in [0.3, 0.4) is 0 Å². The third kappa shape index (κ3) is 11.1. The molecule has 2 aromatic heterocycles. The lowest BCUT2D eigenvalue weighted by Gasteiger charge is -2.33. The highest BCUT2D eigenvalue weighted by Crippen LogP contribution is 2.37. The number of aromatic nitrogens is 2. The predicted octanol–water partition coefficient (Wildman–Crippen LogP) is 6.84. The van der Waals surface area contributed by atoms with Gasteiger partial charge in [-0.1, -0.05) is 104 Å². The van der Waals surface area contributed by atoms with E-state index >= 15 is 0 Å². The first-order valence-electron chi connectivity index (χ1n) is 22.7. The van der Waals surface area contributed by atoms with Crippen LogP contribution in [0.2, 0.25) is 0 Å². The number of likely N-dealkylation sites (tertiary alicyclic amines) is 1. The van der Waals surface area contributed by atoms with E-state index in [-0.39, 0.29) is 53.0 Å². The molecule has 8 rings (SSSR count). The molecular weight excluding hydrogens is 889 g/mol. The summed E-state index contributed by atoms with van der Waals surface area (Å²) in [5.74, 6) is -0.525. The lowest BCUT2D eigenvalue weighted by atomic mass is 9.81. The second kappa shape index (κ2) is 19.8. The third-order valence-corrected chi connectivity index (χ3v) is 15.6. The standard InChI is InChI=1S/C25H32N4O3S.C18H20N4O2S.C7H14O2/c1-14(24(3,4)5)22(31)29-12-18(30)11-19(29)21-27-23(32)25(6,28-21)17-9-7-16(8-10-17)20-15(2)26-13-33-20;1-10-15(25-9-20-10)11-3-5-12(6-4-11)18(2)17(24)21-16(22-18)14-7-13(23)8-19-14;1-5(6(8)9)7(2,3)4/h7-10,13-14,18-19,30H,11-12H2,1-6H3,(H,27,28,32);3-6,9,13-14,19,23H,7-8H2,1-2H3,(H,21,22,24);5H,1-4H3,(H,8,9)/t14-,18-,19+,25+;13-,14?,18+;5-/m111/s1. The van der Waals surface area contributed by atoms with Gasteiger partial charge in [0.05, 0.1) is 62.4 Å². The fourth-order valence-electron chi connectivity index (χ4n) is 8.11. The number of aryl methyl sites for hydroxylation is 2. The number of aliphatic imine (C=N–C) groups is 2. The number of carbonyl (C=O) groups excluding carboxylic acids is 3. The van der Waals surface area contributed by atoms with Gasteiger partial charge >= 0.3 is 5.97 Å². The molecule has 3 amide bonds. The van der Waals surface area contributed by atoms with Crippen LogP contribution < -0.4 is 16.0 Å². The number of hydrogen-bond donors (Lipinski definition) is 6. The molecule has 360 valence electrons. The average Bonchev–Trinajstić information content (AvgIpc) is 4.14. The van der Waals surface area contributed by atoms with Gasteiger partial charge in [-0.05, 0) is 67.2 Å². The Morgan fingerprint density at radius 2 is 1.16 bits per heavy atom. The summed E-state index contributed by atoms with van der Waals surface area (Å²) in [6.07, 6.45) is -0.0990. The second-order valence-corrected chi connectivity index (χ2v) is 22.2. The van der Waals surface area contributed by atoms with Crippen molar-refractivity contribution in [1.29, 1.82) is 0 Å². The zero-order chi connectivity index (χ0) is 49.4. The molecule has 0 aliphatic carbocycles. The average molecular weight is 955 g/mol. The minimum absolute atomic E-state index is 0.0288. The van der Waals surface area contributed by atoms with E-state index in [0.717, 1.165) is 43.4 Å². The normalized spacial score (nSPS) is 25.8. The predicted molar refractivity (Wildman–Crippen MR) is 264 cm³/mol. The Morgan fingerprint density at radius 1 is 0.716 bits per heavy atom. The number of amides is 3. The maximum absolute atomic E-state index is 13.2. The van der Waals surface area contributed by atoms with Gasteiger partial charge in [-0.15, -0.1) is 22.7 Å². The molecule has 1 unspecified atom stereocenters. The zero-order valence-electron chi connectivity index (χ0n) is 40.6. The number of β-amino-alcohol motifs (C(OH)–C–C–N with tert-alkyl or cyclic N) is 2. The lowest BCUT2D eigenvalue weighted by Crippen LogP contribution is -2.49. The van der Waals surface area contributed by atoms with Gasteiger partial charge in [0.25, 0.3) is 11.8 Å². The van der Waals surface area contributed by atoms with Crippen molar-refractivity contribution in [1.82, 2.24) is 30.8 Å². The number of rotatable bonds is 8. The SMILES string of the molecule is C[C@H](C(=O)O)C(C)(C)C.Cc1ncsc1-c1ccc([C@]2(C)N=C(C3C[C@@H](O)CN3)NC2=O)cc1.Cc1ncsc1-c1ccc([C@]2(C)N=C([C@@H]3C[C@@H](O)CN3C(=O)[C@@H](C)C(C)(C)C)NC2=O)cc1. The molecule has 0 bridgehead atoms. The number of nitrogens with one attached hydrogen (secondary N) is 3. The molecule has 0 saturated carbocycles. The highest BCUT2D eigenvalue weighted by Gasteiger charge is 2.48. The Hall–Kier alpha value is -5.20. The smallest absolute Gasteiger partial charge is 0.306 e. The first-order chi connectivity index (χ1) is 31.2. The molecule has 4 aliphatic heterocycles. The quantitative estimate of drug-likeness (QED) is 0.108. The summed E-state index contributed by atoms with van der Waals surface area (Å²) in [7, 11) is 0. The van der Waals surface area contributed by atoms with E-state index < -0.39 is 35.3 Å².